The molecule has 1 aromatic heterocycles. The number of carbonyl (C=O) groups is 1. The van der Waals surface area contributed by atoms with Crippen molar-refractivity contribution in [3.05, 3.63) is 45.1 Å². The fourth-order valence-corrected chi connectivity index (χ4v) is 3.03. The van der Waals surface area contributed by atoms with Crippen LogP contribution in [0.25, 0.3) is 0 Å². The molecule has 0 amide bonds. The van der Waals surface area contributed by atoms with E-state index in [-0.39, 0.29) is 10.0 Å². The third-order valence-corrected chi connectivity index (χ3v) is 4.21. The van der Waals surface area contributed by atoms with Crippen LogP contribution < -0.4 is 0 Å². The molecule has 1 heterocycles. The van der Waals surface area contributed by atoms with E-state index >= 15 is 0 Å². The van der Waals surface area contributed by atoms with Crippen LogP contribution in [0.3, 0.4) is 0 Å². The van der Waals surface area contributed by atoms with Crippen LogP contribution in [0.1, 0.15) is 15.5 Å². The minimum Gasteiger partial charge on any atom is -0.476 e. The summed E-state index contributed by atoms with van der Waals surface area (Å²) in [7, 11) is 0. The second-order valence-electron chi connectivity index (χ2n) is 3.31. The van der Waals surface area contributed by atoms with E-state index < -0.39 is 11.8 Å². The molecule has 3 nitrogen and oxygen atoms in total. The third-order valence-electron chi connectivity index (χ3n) is 2.01. The molecule has 0 saturated heterocycles. The van der Waals surface area contributed by atoms with E-state index in [1.54, 1.807) is 11.4 Å². The molecule has 0 aliphatic carbocycles. The Morgan fingerprint density at radius 1 is 1.56 bits per heavy atom. The van der Waals surface area contributed by atoms with Gasteiger partial charge in [0.05, 0.1) is 10.7 Å². The predicted molar refractivity (Wildman–Crippen MR) is 70.0 cm³/mol. The molecular weight excluding hydrogens is 297 g/mol. The smallest absolute Gasteiger partial charge is 0.365 e. The highest BCUT2D eigenvalue weighted by molar-refractivity contribution is 7.98. The Morgan fingerprint density at radius 2 is 2.33 bits per heavy atom. The average molecular weight is 304 g/mol. The molecule has 0 aliphatic heterocycles. The van der Waals surface area contributed by atoms with Crippen molar-refractivity contribution in [2.24, 2.45) is 0 Å². The quantitative estimate of drug-likeness (QED) is 0.870. The lowest BCUT2D eigenvalue weighted by atomic mass is 10.3. The summed E-state index contributed by atoms with van der Waals surface area (Å²) in [6.45, 7) is 0. The van der Waals surface area contributed by atoms with Gasteiger partial charge in [-0.2, -0.15) is 0 Å². The van der Waals surface area contributed by atoms with Crippen molar-refractivity contribution in [2.75, 3.05) is 0 Å². The molecule has 0 spiro atoms. The zero-order valence-corrected chi connectivity index (χ0v) is 11.3. The molecule has 2 rings (SSSR count). The number of carboxylic acid groups (broad SMARTS) is 1. The van der Waals surface area contributed by atoms with Crippen LogP contribution >= 0.6 is 34.7 Å². The first-order valence-corrected chi connectivity index (χ1v) is 7.06. The summed E-state index contributed by atoms with van der Waals surface area (Å²) in [5.74, 6) is -0.963. The average Bonchev–Trinajstić information content (AvgIpc) is 2.79. The number of halogens is 2. The van der Waals surface area contributed by atoms with E-state index in [1.165, 1.54) is 23.9 Å². The molecular formula is C11H7ClFNO2S2. The van der Waals surface area contributed by atoms with Crippen molar-refractivity contribution in [1.29, 1.82) is 0 Å². The molecule has 2 aromatic rings. The fraction of sp³-hybridized carbons (Fsp3) is 0.0909. The van der Waals surface area contributed by atoms with Gasteiger partial charge in [-0.05, 0) is 18.2 Å². The maximum atomic E-state index is 12.9. The number of aromatic nitrogens is 1. The molecule has 0 unspecified atom stereocenters. The van der Waals surface area contributed by atoms with Crippen molar-refractivity contribution in [2.45, 2.75) is 10.6 Å². The number of hydrogen-bond donors (Lipinski definition) is 1. The van der Waals surface area contributed by atoms with Crippen LogP contribution in [-0.4, -0.2) is 16.1 Å². The van der Waals surface area contributed by atoms with Crippen LogP contribution in [0.15, 0.2) is 28.5 Å². The number of carboxylic acids is 1. The van der Waals surface area contributed by atoms with Gasteiger partial charge in [0.1, 0.15) is 5.82 Å². The summed E-state index contributed by atoms with van der Waals surface area (Å²) >= 11 is 8.17. The topological polar surface area (TPSA) is 50.2 Å². The molecule has 0 aliphatic rings. The number of benzene rings is 1. The van der Waals surface area contributed by atoms with E-state index in [9.17, 15) is 9.18 Å². The number of hydrogen-bond acceptors (Lipinski definition) is 4. The standard InChI is InChI=1S/C11H7ClFNO2S2/c12-8-3-7(1-2-9(8)13)17-4-6-5-18-10(14-6)11(15)16/h1-3,5H,4H2,(H,15,16). The van der Waals surface area contributed by atoms with Gasteiger partial charge in [-0.15, -0.1) is 23.1 Å². The molecule has 0 bridgehead atoms. The number of thioether (sulfide) groups is 1. The Kier molecular flexibility index (Phi) is 4.21. The zero-order chi connectivity index (χ0) is 13.1. The van der Waals surface area contributed by atoms with Gasteiger partial charge in [0, 0.05) is 16.0 Å². The first-order chi connectivity index (χ1) is 8.56. The molecule has 0 saturated carbocycles. The van der Waals surface area contributed by atoms with Crippen LogP contribution in [0, 0.1) is 5.82 Å². The van der Waals surface area contributed by atoms with Gasteiger partial charge in [0.25, 0.3) is 0 Å². The van der Waals surface area contributed by atoms with E-state index in [0.717, 1.165) is 16.2 Å². The summed E-state index contributed by atoms with van der Waals surface area (Å²) in [5, 5.41) is 10.6. The molecule has 1 N–H and O–H groups in total. The van der Waals surface area contributed by atoms with Crippen molar-refractivity contribution < 1.29 is 14.3 Å². The number of rotatable bonds is 4. The highest BCUT2D eigenvalue weighted by Crippen LogP contribution is 2.27. The second-order valence-corrected chi connectivity index (χ2v) is 5.63. The lowest BCUT2D eigenvalue weighted by molar-refractivity contribution is 0.0696. The largest absolute Gasteiger partial charge is 0.476 e. The molecule has 94 valence electrons. The lowest BCUT2D eigenvalue weighted by Gasteiger charge is -2.00. The van der Waals surface area contributed by atoms with Gasteiger partial charge in [-0.3, -0.25) is 0 Å². The summed E-state index contributed by atoms with van der Waals surface area (Å²) in [4.78, 5) is 15.4. The van der Waals surface area contributed by atoms with Gasteiger partial charge >= 0.3 is 5.97 Å². The number of nitrogens with zero attached hydrogens (tertiary/aromatic N) is 1. The summed E-state index contributed by atoms with van der Waals surface area (Å²) in [6, 6.07) is 4.46. The Balaban J connectivity index is 2.02. The SMILES string of the molecule is O=C(O)c1nc(CSc2ccc(F)c(Cl)c2)cs1. The molecule has 7 heteroatoms. The maximum Gasteiger partial charge on any atom is 0.365 e. The molecule has 0 fully saturated rings. The number of thiazole rings is 1. The van der Waals surface area contributed by atoms with Crippen molar-refractivity contribution in [1.82, 2.24) is 4.98 Å². The van der Waals surface area contributed by atoms with E-state index in [0.29, 0.717) is 11.4 Å². The van der Waals surface area contributed by atoms with Crippen molar-refractivity contribution >= 4 is 40.7 Å². The minimum absolute atomic E-state index is 0.0720. The monoisotopic (exact) mass is 303 g/mol. The van der Waals surface area contributed by atoms with Gasteiger partial charge in [0.2, 0.25) is 5.01 Å². The molecule has 18 heavy (non-hydrogen) atoms. The summed E-state index contributed by atoms with van der Waals surface area (Å²) in [5.41, 5.74) is 0.683. The lowest BCUT2D eigenvalue weighted by Crippen LogP contribution is -1.94. The Morgan fingerprint density at radius 3 is 2.94 bits per heavy atom. The molecule has 0 radical (unpaired) electrons. The summed E-state index contributed by atoms with van der Waals surface area (Å²) < 4.78 is 12.9. The zero-order valence-electron chi connectivity index (χ0n) is 8.89. The normalized spacial score (nSPS) is 10.6. The van der Waals surface area contributed by atoms with Crippen LogP contribution in [0.4, 0.5) is 4.39 Å². The Bertz CT molecular complexity index is 588. The van der Waals surface area contributed by atoms with Gasteiger partial charge in [0.15, 0.2) is 0 Å². The van der Waals surface area contributed by atoms with E-state index in [4.69, 9.17) is 16.7 Å². The second kappa shape index (κ2) is 5.69. The van der Waals surface area contributed by atoms with Crippen LogP contribution in [0.2, 0.25) is 5.02 Å². The van der Waals surface area contributed by atoms with Gasteiger partial charge in [-0.1, -0.05) is 11.6 Å². The van der Waals surface area contributed by atoms with Crippen molar-refractivity contribution in [3.8, 4) is 0 Å². The first kappa shape index (κ1) is 13.3. The van der Waals surface area contributed by atoms with E-state index in [2.05, 4.69) is 4.98 Å². The molecule has 1 aromatic carbocycles. The summed E-state index contributed by atoms with van der Waals surface area (Å²) in [6.07, 6.45) is 0. The predicted octanol–water partition coefficient (Wildman–Crippen LogP) is 3.93. The van der Waals surface area contributed by atoms with E-state index in [1.807, 2.05) is 0 Å². The Labute approximate surface area is 116 Å². The van der Waals surface area contributed by atoms with Gasteiger partial charge in [-0.25, -0.2) is 14.2 Å². The molecule has 0 atom stereocenters. The van der Waals surface area contributed by atoms with Gasteiger partial charge < -0.3 is 5.11 Å². The van der Waals surface area contributed by atoms with Crippen LogP contribution in [-0.2, 0) is 5.75 Å². The first-order valence-electron chi connectivity index (χ1n) is 4.82. The minimum atomic E-state index is -1.03. The maximum absolute atomic E-state index is 12.9. The van der Waals surface area contributed by atoms with Crippen LogP contribution in [0.5, 0.6) is 0 Å². The number of aromatic carboxylic acids is 1. The fourth-order valence-electron chi connectivity index (χ4n) is 1.20. The highest BCUT2D eigenvalue weighted by Gasteiger charge is 2.09. The Hall–Kier alpha value is -1.11. The highest BCUT2D eigenvalue weighted by atomic mass is 35.5. The third kappa shape index (κ3) is 3.22. The van der Waals surface area contributed by atoms with Crippen molar-refractivity contribution in [3.63, 3.8) is 0 Å².